The number of aromatic nitrogens is 1. The highest BCUT2D eigenvalue weighted by molar-refractivity contribution is 5.81. The Bertz CT molecular complexity index is 1020. The molecule has 1 heterocycles. The number of hydrogen-bond acceptors (Lipinski definition) is 4. The molecular weight excluding hydrogens is 378 g/mol. The summed E-state index contributed by atoms with van der Waals surface area (Å²) in [5, 5.41) is 1.18. The zero-order valence-corrected chi connectivity index (χ0v) is 17.7. The molecule has 0 aliphatic heterocycles. The third kappa shape index (κ3) is 4.61. The van der Waals surface area contributed by atoms with Crippen LogP contribution >= 0.6 is 0 Å². The van der Waals surface area contributed by atoms with Gasteiger partial charge in [-0.25, -0.2) is 0 Å². The Morgan fingerprint density at radius 2 is 1.83 bits per heavy atom. The maximum absolute atomic E-state index is 11.8. The molecule has 0 fully saturated rings. The molecule has 5 nitrogen and oxygen atoms in total. The van der Waals surface area contributed by atoms with Crippen LogP contribution in [0.3, 0.4) is 0 Å². The molecule has 1 aliphatic carbocycles. The first-order chi connectivity index (χ1) is 14.6. The van der Waals surface area contributed by atoms with Crippen molar-refractivity contribution < 1.29 is 19.0 Å². The van der Waals surface area contributed by atoms with Crippen LogP contribution in [0.15, 0.2) is 48.7 Å². The Kier molecular flexibility index (Phi) is 6.26. The Hall–Kier alpha value is -2.95. The second-order valence-electron chi connectivity index (χ2n) is 7.83. The Morgan fingerprint density at radius 1 is 1.07 bits per heavy atom. The van der Waals surface area contributed by atoms with E-state index in [4.69, 9.17) is 14.2 Å². The van der Waals surface area contributed by atoms with Crippen LogP contribution in [0.25, 0.3) is 10.9 Å². The summed E-state index contributed by atoms with van der Waals surface area (Å²) in [6.07, 6.45) is 5.82. The van der Waals surface area contributed by atoms with Gasteiger partial charge in [-0.15, -0.1) is 0 Å². The summed E-state index contributed by atoms with van der Waals surface area (Å²) in [4.78, 5) is 11.8. The normalized spacial score (nSPS) is 15.2. The van der Waals surface area contributed by atoms with Crippen LogP contribution in [-0.2, 0) is 23.0 Å². The summed E-state index contributed by atoms with van der Waals surface area (Å²) in [5.41, 5.74) is 3.53. The van der Waals surface area contributed by atoms with Crippen LogP contribution in [-0.4, -0.2) is 23.8 Å². The Balaban J connectivity index is 1.23. The van der Waals surface area contributed by atoms with Crippen molar-refractivity contribution >= 4 is 16.9 Å². The number of esters is 1. The van der Waals surface area contributed by atoms with E-state index in [2.05, 4.69) is 35.0 Å². The lowest BCUT2D eigenvalue weighted by Crippen LogP contribution is -2.08. The van der Waals surface area contributed by atoms with Crippen LogP contribution < -0.4 is 9.47 Å². The molecule has 2 aromatic carbocycles. The van der Waals surface area contributed by atoms with Crippen molar-refractivity contribution in [3.8, 4) is 11.5 Å². The minimum atomic E-state index is -0.109. The molecule has 0 radical (unpaired) electrons. The molecule has 0 N–H and O–H groups in total. The average molecular weight is 408 g/mol. The zero-order valence-electron chi connectivity index (χ0n) is 17.7. The third-order valence-electron chi connectivity index (χ3n) is 5.55. The molecule has 0 saturated carbocycles. The van der Waals surface area contributed by atoms with Gasteiger partial charge in [-0.05, 0) is 66.8 Å². The van der Waals surface area contributed by atoms with E-state index in [9.17, 15) is 4.79 Å². The zero-order chi connectivity index (χ0) is 20.9. The van der Waals surface area contributed by atoms with E-state index in [0.29, 0.717) is 19.6 Å². The first-order valence-corrected chi connectivity index (χ1v) is 10.8. The summed E-state index contributed by atoms with van der Waals surface area (Å²) in [5.74, 6) is 1.64. The Labute approximate surface area is 177 Å². The molecule has 0 spiro atoms. The highest BCUT2D eigenvalue weighted by Gasteiger charge is 2.25. The predicted octanol–water partition coefficient (Wildman–Crippen LogP) is 5.36. The fourth-order valence-corrected chi connectivity index (χ4v) is 3.98. The van der Waals surface area contributed by atoms with Crippen molar-refractivity contribution in [3.63, 3.8) is 0 Å². The minimum absolute atomic E-state index is 0.108. The van der Waals surface area contributed by atoms with E-state index in [-0.39, 0.29) is 12.1 Å². The van der Waals surface area contributed by atoms with Gasteiger partial charge in [-0.3, -0.25) is 4.79 Å². The van der Waals surface area contributed by atoms with Gasteiger partial charge >= 0.3 is 5.97 Å². The van der Waals surface area contributed by atoms with Gasteiger partial charge in [0.2, 0.25) is 0 Å². The number of carbonyl (C=O) groups is 1. The number of nitrogens with zero attached hydrogens (tertiary/aromatic N) is 1. The number of rotatable bonds is 9. The van der Waals surface area contributed by atoms with E-state index in [1.165, 1.54) is 16.5 Å². The molecule has 5 heteroatoms. The van der Waals surface area contributed by atoms with Crippen molar-refractivity contribution in [2.75, 3.05) is 13.2 Å². The monoisotopic (exact) mass is 407 g/mol. The first-order valence-electron chi connectivity index (χ1n) is 10.8. The van der Waals surface area contributed by atoms with Gasteiger partial charge < -0.3 is 18.8 Å². The number of benzene rings is 2. The van der Waals surface area contributed by atoms with E-state index in [1.807, 2.05) is 32.2 Å². The van der Waals surface area contributed by atoms with E-state index < -0.39 is 0 Å². The highest BCUT2D eigenvalue weighted by Crippen LogP contribution is 2.36. The molecule has 158 valence electrons. The quantitative estimate of drug-likeness (QED) is 0.354. The second-order valence-corrected chi connectivity index (χ2v) is 7.83. The number of ether oxygens (including phenoxy) is 3. The largest absolute Gasteiger partial charge is 0.493 e. The SMILES string of the molecule is CCCC(=O)O[C@H]1CCc2cc(OCCCOc3ccc4c(ccn4C)c3)ccc21. The molecule has 0 amide bonds. The van der Waals surface area contributed by atoms with Crippen molar-refractivity contribution in [2.45, 2.75) is 45.1 Å². The highest BCUT2D eigenvalue weighted by atomic mass is 16.5. The van der Waals surface area contributed by atoms with Crippen LogP contribution in [0.2, 0.25) is 0 Å². The number of fused-ring (bicyclic) bond motifs is 2. The summed E-state index contributed by atoms with van der Waals surface area (Å²) in [6.45, 7) is 3.19. The maximum Gasteiger partial charge on any atom is 0.306 e. The van der Waals surface area contributed by atoms with E-state index in [0.717, 1.165) is 42.7 Å². The van der Waals surface area contributed by atoms with Crippen molar-refractivity contribution in [3.05, 3.63) is 59.8 Å². The maximum atomic E-state index is 11.8. The van der Waals surface area contributed by atoms with Crippen LogP contribution in [0.5, 0.6) is 11.5 Å². The standard InChI is InChI=1S/C25H29NO4/c1-3-5-25(27)30-24-11-6-18-16-20(7-9-22(18)24)28-14-4-15-29-21-8-10-23-19(17-21)12-13-26(23)2/h7-10,12-13,16-17,24H,3-6,11,14-15H2,1-2H3/t24-/m0/s1. The fourth-order valence-electron chi connectivity index (χ4n) is 3.98. The second kappa shape index (κ2) is 9.24. The summed E-state index contributed by atoms with van der Waals surface area (Å²) < 4.78 is 19.5. The number of carbonyl (C=O) groups excluding carboxylic acids is 1. The lowest BCUT2D eigenvalue weighted by Gasteiger charge is -2.14. The molecule has 1 aromatic heterocycles. The third-order valence-corrected chi connectivity index (χ3v) is 5.55. The molecule has 1 atom stereocenters. The van der Waals surface area contributed by atoms with Crippen LogP contribution in [0.1, 0.15) is 49.8 Å². The van der Waals surface area contributed by atoms with Gasteiger partial charge in [0.1, 0.15) is 17.6 Å². The van der Waals surface area contributed by atoms with E-state index >= 15 is 0 Å². The van der Waals surface area contributed by atoms with Crippen molar-refractivity contribution in [1.82, 2.24) is 4.57 Å². The van der Waals surface area contributed by atoms with Crippen LogP contribution in [0.4, 0.5) is 0 Å². The topological polar surface area (TPSA) is 49.7 Å². The van der Waals surface area contributed by atoms with Crippen molar-refractivity contribution in [1.29, 1.82) is 0 Å². The van der Waals surface area contributed by atoms with Gasteiger partial charge in [0.05, 0.1) is 13.2 Å². The molecule has 3 aromatic rings. The van der Waals surface area contributed by atoms with E-state index in [1.54, 1.807) is 0 Å². The summed E-state index contributed by atoms with van der Waals surface area (Å²) in [6, 6.07) is 14.3. The molecule has 0 unspecified atom stereocenters. The lowest BCUT2D eigenvalue weighted by atomic mass is 10.1. The smallest absolute Gasteiger partial charge is 0.306 e. The molecular formula is C25H29NO4. The minimum Gasteiger partial charge on any atom is -0.493 e. The van der Waals surface area contributed by atoms with Gasteiger partial charge in [0.25, 0.3) is 0 Å². The summed E-state index contributed by atoms with van der Waals surface area (Å²) >= 11 is 0. The molecule has 0 saturated heterocycles. The molecule has 30 heavy (non-hydrogen) atoms. The van der Waals surface area contributed by atoms with Gasteiger partial charge in [-0.2, -0.15) is 0 Å². The lowest BCUT2D eigenvalue weighted by molar-refractivity contribution is -0.149. The predicted molar refractivity (Wildman–Crippen MR) is 117 cm³/mol. The molecule has 0 bridgehead atoms. The molecule has 4 rings (SSSR count). The van der Waals surface area contributed by atoms with Gasteiger partial charge in [0, 0.05) is 37.0 Å². The Morgan fingerprint density at radius 3 is 2.63 bits per heavy atom. The fraction of sp³-hybridized carbons (Fsp3) is 0.400. The van der Waals surface area contributed by atoms with Crippen molar-refractivity contribution in [2.24, 2.45) is 7.05 Å². The first kappa shape index (κ1) is 20.3. The average Bonchev–Trinajstić information content (AvgIpc) is 3.31. The number of aryl methyl sites for hydroxylation is 2. The van der Waals surface area contributed by atoms with Crippen LogP contribution in [0, 0.1) is 0 Å². The van der Waals surface area contributed by atoms with Gasteiger partial charge in [0.15, 0.2) is 0 Å². The number of hydrogen-bond donors (Lipinski definition) is 0. The van der Waals surface area contributed by atoms with Gasteiger partial charge in [-0.1, -0.05) is 13.0 Å². The molecule has 1 aliphatic rings. The summed E-state index contributed by atoms with van der Waals surface area (Å²) in [7, 11) is 2.04.